The summed E-state index contributed by atoms with van der Waals surface area (Å²) in [6.07, 6.45) is 6.93. The Labute approximate surface area is 338 Å². The average molecular weight is 805 g/mol. The highest BCUT2D eigenvalue weighted by Gasteiger charge is 2.38. The Hall–Kier alpha value is -4.64. The van der Waals surface area contributed by atoms with Gasteiger partial charge in [0.05, 0.1) is 24.7 Å². The molecule has 0 bridgehead atoms. The first-order valence-corrected chi connectivity index (χ1v) is 20.4. The molecule has 1 aromatic heterocycles. The summed E-state index contributed by atoms with van der Waals surface area (Å²) in [5.74, 6) is -0.696. The van der Waals surface area contributed by atoms with Crippen LogP contribution in [0.5, 0.6) is 0 Å². The predicted octanol–water partition coefficient (Wildman–Crippen LogP) is 2.38. The van der Waals surface area contributed by atoms with E-state index in [2.05, 4.69) is 44.9 Å². The minimum atomic E-state index is -1.45. The number of guanidine groups is 1. The van der Waals surface area contributed by atoms with Crippen molar-refractivity contribution in [2.75, 3.05) is 11.9 Å². The molecule has 0 saturated carbocycles. The van der Waals surface area contributed by atoms with E-state index in [0.29, 0.717) is 49.9 Å². The number of nitrogens with one attached hydrogen (secondary N) is 3. The van der Waals surface area contributed by atoms with Gasteiger partial charge in [-0.1, -0.05) is 36.8 Å². The molecule has 2 heterocycles. The molecule has 15 nitrogen and oxygen atoms in total. The molecule has 3 aromatic rings. The lowest BCUT2D eigenvalue weighted by molar-refractivity contribution is -0.131. The maximum atomic E-state index is 12.5. The number of anilines is 1. The second-order valence-electron chi connectivity index (χ2n) is 16.0. The van der Waals surface area contributed by atoms with Crippen molar-refractivity contribution in [3.63, 3.8) is 0 Å². The molecule has 0 amide bonds. The normalized spacial score (nSPS) is 22.3. The van der Waals surface area contributed by atoms with Crippen LogP contribution in [0.25, 0.3) is 10.8 Å². The van der Waals surface area contributed by atoms with Crippen LogP contribution in [0.15, 0.2) is 65.3 Å². The van der Waals surface area contributed by atoms with Gasteiger partial charge in [0.25, 0.3) is 0 Å². The number of carboxylic acids is 1. The number of aliphatic hydroxyl groups excluding tert-OH is 4. The Kier molecular flexibility index (Phi) is 16.4. The van der Waals surface area contributed by atoms with Crippen molar-refractivity contribution in [2.24, 2.45) is 28.3 Å². The fourth-order valence-corrected chi connectivity index (χ4v) is 8.80. The molecule has 15 heteroatoms. The number of aromatic amines is 1. The molecular formula is C43H60N6O9. The highest BCUT2D eigenvalue weighted by Crippen LogP contribution is 2.45. The lowest BCUT2D eigenvalue weighted by Gasteiger charge is -2.39. The number of aromatic nitrogens is 1. The largest absolute Gasteiger partial charge is 0.478 e. The number of aryl methyl sites for hydroxylation is 1. The first-order valence-electron chi connectivity index (χ1n) is 20.4. The number of H-pyrrole nitrogens is 1. The van der Waals surface area contributed by atoms with Gasteiger partial charge in [0, 0.05) is 30.7 Å². The molecule has 0 unspecified atom stereocenters. The zero-order valence-electron chi connectivity index (χ0n) is 32.8. The Morgan fingerprint density at radius 1 is 1.02 bits per heavy atom. The molecule has 58 heavy (non-hydrogen) atoms. The molecule has 316 valence electrons. The van der Waals surface area contributed by atoms with E-state index in [0.717, 1.165) is 60.7 Å². The first-order chi connectivity index (χ1) is 27.9. The minimum absolute atomic E-state index is 0.0209. The van der Waals surface area contributed by atoms with Crippen molar-refractivity contribution >= 4 is 41.1 Å². The van der Waals surface area contributed by atoms with Crippen molar-refractivity contribution in [2.45, 2.75) is 126 Å². The van der Waals surface area contributed by atoms with Crippen LogP contribution in [-0.2, 0) is 27.2 Å². The molecule has 9 atom stereocenters. The third-order valence-electron chi connectivity index (χ3n) is 11.9. The number of aliphatic hydroxyl groups is 5. The second-order valence-corrected chi connectivity index (χ2v) is 16.0. The summed E-state index contributed by atoms with van der Waals surface area (Å²) in [5, 5.41) is 67.9. The van der Waals surface area contributed by atoms with Crippen LogP contribution >= 0.6 is 0 Å². The third kappa shape index (κ3) is 12.2. The van der Waals surface area contributed by atoms with E-state index >= 15 is 0 Å². The van der Waals surface area contributed by atoms with E-state index in [1.165, 1.54) is 11.1 Å². The summed E-state index contributed by atoms with van der Waals surface area (Å²) >= 11 is 0. The Morgan fingerprint density at radius 2 is 1.81 bits per heavy atom. The number of aliphatic carboxylic acids is 1. The molecular weight excluding hydrogens is 745 g/mol. The summed E-state index contributed by atoms with van der Waals surface area (Å²) < 4.78 is 0. The molecule has 0 radical (unpaired) electrons. The fraction of sp³-hybridized carbons (Fsp3) is 0.535. The SMILES string of the molecule is NC1=N[C@H](/C(=C\C(=O)O)[C@@H](C[C@H]2CCc3cc4ccc(CC=O)cc4cc3[C@@H]2CCC[C@@H](N)CC[C@H](C=O)CCC(O)O)Nc2ccc[nH]2)C[C@H]([C@H](O)[C@H](O)CO)N1. The van der Waals surface area contributed by atoms with Crippen molar-refractivity contribution in [1.29, 1.82) is 0 Å². The number of carboxylic acid groups (broad SMARTS) is 1. The maximum Gasteiger partial charge on any atom is 0.328 e. The molecule has 1 aliphatic carbocycles. The zero-order valence-corrected chi connectivity index (χ0v) is 32.8. The van der Waals surface area contributed by atoms with Gasteiger partial charge in [0.1, 0.15) is 30.6 Å². The highest BCUT2D eigenvalue weighted by atomic mass is 16.5. The lowest BCUT2D eigenvalue weighted by atomic mass is 9.69. The quantitative estimate of drug-likeness (QED) is 0.0374. The van der Waals surface area contributed by atoms with Gasteiger partial charge in [-0.2, -0.15) is 0 Å². The Balaban J connectivity index is 1.46. The highest BCUT2D eigenvalue weighted by molar-refractivity contribution is 5.86. The minimum Gasteiger partial charge on any atom is -0.478 e. The Bertz CT molecular complexity index is 1870. The summed E-state index contributed by atoms with van der Waals surface area (Å²) in [6.45, 7) is -0.673. The molecule has 2 aliphatic rings. The van der Waals surface area contributed by atoms with Crippen LogP contribution in [0.4, 0.5) is 5.82 Å². The van der Waals surface area contributed by atoms with Crippen LogP contribution in [0.2, 0.25) is 0 Å². The van der Waals surface area contributed by atoms with Gasteiger partial charge in [-0.05, 0) is 121 Å². The third-order valence-corrected chi connectivity index (χ3v) is 11.9. The smallest absolute Gasteiger partial charge is 0.328 e. The van der Waals surface area contributed by atoms with E-state index in [1.807, 2.05) is 18.2 Å². The van der Waals surface area contributed by atoms with Crippen molar-refractivity contribution in [1.82, 2.24) is 10.3 Å². The summed E-state index contributed by atoms with van der Waals surface area (Å²) in [5.41, 5.74) is 16.6. The van der Waals surface area contributed by atoms with Gasteiger partial charge in [-0.25, -0.2) is 9.79 Å². The second kappa shape index (κ2) is 21.4. The van der Waals surface area contributed by atoms with Crippen molar-refractivity contribution < 1.29 is 45.0 Å². The van der Waals surface area contributed by atoms with Gasteiger partial charge in [0.15, 0.2) is 12.2 Å². The number of hydrogen-bond donors (Lipinski definition) is 11. The van der Waals surface area contributed by atoms with Gasteiger partial charge < -0.3 is 67.3 Å². The van der Waals surface area contributed by atoms with Crippen molar-refractivity contribution in [3.8, 4) is 0 Å². The topological polar surface area (TPSA) is 277 Å². The number of rotatable bonds is 23. The number of nitrogens with two attached hydrogens (primary N) is 2. The summed E-state index contributed by atoms with van der Waals surface area (Å²) in [4.78, 5) is 43.3. The summed E-state index contributed by atoms with van der Waals surface area (Å²) in [6, 6.07) is 11.9. The van der Waals surface area contributed by atoms with Crippen LogP contribution in [0.1, 0.15) is 86.8 Å². The van der Waals surface area contributed by atoms with Gasteiger partial charge in [0.2, 0.25) is 0 Å². The van der Waals surface area contributed by atoms with Crippen LogP contribution < -0.4 is 22.1 Å². The Morgan fingerprint density at radius 3 is 2.50 bits per heavy atom. The average Bonchev–Trinajstić information content (AvgIpc) is 3.72. The molecule has 2 aromatic carbocycles. The zero-order chi connectivity index (χ0) is 41.8. The van der Waals surface area contributed by atoms with E-state index < -0.39 is 49.2 Å². The maximum absolute atomic E-state index is 12.5. The lowest BCUT2D eigenvalue weighted by Crippen LogP contribution is -2.56. The van der Waals surface area contributed by atoms with Crippen molar-refractivity contribution in [3.05, 3.63) is 77.0 Å². The standard InChI is InChI=1S/C43H60N6O9/c44-31(12-7-26(23-51)8-13-40(54)55)3-1-4-32-29(11-10-28-18-27-9-6-25(14-16-50)17-30(27)19-33(28)32)20-35(47-39-5-2-15-46-39)34(21-41(56)57)36-22-37(49-43(45)48-36)42(58)38(53)24-52/h2,5-6,9,15-19,21,23,26,29,31-32,35-38,40,42,46-47,52-55,58H,1,3-4,7-8,10-14,20,22,24,44H2,(H,56,57)(H3,45,48,49)/b34-21-/t26-,29+,31+,32+,35+,36-,37+,38+,42-/m0/s1. The molecule has 5 rings (SSSR count). The number of carbonyl (C=O) groups excluding carboxylic acids is 2. The van der Waals surface area contributed by atoms with Crippen LogP contribution in [-0.4, -0.2) is 109 Å². The molecule has 0 fully saturated rings. The number of carbonyl (C=O) groups is 3. The number of aldehydes is 2. The molecule has 1 aliphatic heterocycles. The van der Waals surface area contributed by atoms with Gasteiger partial charge in [-0.3, -0.25) is 0 Å². The predicted molar refractivity (Wildman–Crippen MR) is 221 cm³/mol. The monoisotopic (exact) mass is 804 g/mol. The number of hydrogen-bond acceptors (Lipinski definition) is 13. The first kappa shape index (κ1) is 44.5. The van der Waals surface area contributed by atoms with Crippen LogP contribution in [0, 0.1) is 11.8 Å². The van der Waals surface area contributed by atoms with Gasteiger partial charge >= 0.3 is 5.97 Å². The van der Waals surface area contributed by atoms with Crippen LogP contribution in [0.3, 0.4) is 0 Å². The number of fused-ring (bicyclic) bond motifs is 2. The fourth-order valence-electron chi connectivity index (χ4n) is 8.80. The summed E-state index contributed by atoms with van der Waals surface area (Å²) in [7, 11) is 0. The van der Waals surface area contributed by atoms with Gasteiger partial charge in [-0.15, -0.1) is 0 Å². The van der Waals surface area contributed by atoms with E-state index in [1.54, 1.807) is 6.20 Å². The van der Waals surface area contributed by atoms with E-state index in [9.17, 15) is 45.0 Å². The number of nitrogens with zero attached hydrogens (tertiary/aromatic N) is 1. The molecule has 0 spiro atoms. The molecule has 13 N–H and O–H groups in total. The molecule has 0 saturated heterocycles. The number of aliphatic imine (C=N–C) groups is 1. The van der Waals surface area contributed by atoms with E-state index in [4.69, 9.17) is 11.5 Å². The van der Waals surface area contributed by atoms with E-state index in [-0.39, 0.29) is 42.6 Å². The number of benzene rings is 2.